The van der Waals surface area contributed by atoms with Gasteiger partial charge in [-0.1, -0.05) is 40.5 Å². The van der Waals surface area contributed by atoms with Gasteiger partial charge in [-0.25, -0.2) is 0 Å². The molecular weight excluding hydrogens is 482 g/mol. The van der Waals surface area contributed by atoms with E-state index >= 15 is 0 Å². The molecule has 0 radical (unpaired) electrons. The summed E-state index contributed by atoms with van der Waals surface area (Å²) in [6.07, 6.45) is 4.53. The average molecular weight is 532 g/mol. The molecule has 0 aliphatic heterocycles. The quantitative estimate of drug-likeness (QED) is 0.159. The van der Waals surface area contributed by atoms with Crippen LogP contribution >= 0.6 is 0 Å². The van der Waals surface area contributed by atoms with Crippen LogP contribution in [0.4, 0.5) is 0 Å². The fourth-order valence-electron chi connectivity index (χ4n) is 2.75. The minimum atomic E-state index is -0.410. The molecule has 11 heteroatoms. The molecule has 3 amide bonds. The average Bonchev–Trinajstić information content (AvgIpc) is 2.84. The van der Waals surface area contributed by atoms with Crippen molar-refractivity contribution in [3.8, 4) is 0 Å². The Morgan fingerprint density at radius 3 is 1.62 bits per heavy atom. The predicted molar refractivity (Wildman–Crippen MR) is 140 cm³/mol. The number of Topliss-reactive ketones (excluding diaryl/α,β-unsaturated/α-hetero) is 1. The van der Waals surface area contributed by atoms with Gasteiger partial charge in [0.1, 0.15) is 13.2 Å². The molecule has 0 atom stereocenters. The monoisotopic (exact) mass is 531 g/mol. The van der Waals surface area contributed by atoms with Gasteiger partial charge in [0.25, 0.3) is 0 Å². The first-order valence-corrected chi connectivity index (χ1v) is 13.3. The largest absolute Gasteiger partial charge is 0.377 e. The number of rotatable bonds is 24. The Balaban J connectivity index is 3.40. The molecule has 3 N–H and O–H groups in total. The number of carbonyl (C=O) groups excluding carboxylic acids is 4. The van der Waals surface area contributed by atoms with E-state index in [9.17, 15) is 19.2 Å². The van der Waals surface area contributed by atoms with Crippen LogP contribution in [-0.2, 0) is 38.1 Å². The molecule has 0 bridgehead atoms. The second-order valence-corrected chi connectivity index (χ2v) is 9.61. The van der Waals surface area contributed by atoms with E-state index in [1.54, 1.807) is 0 Å². The van der Waals surface area contributed by atoms with Gasteiger partial charge in [0, 0.05) is 37.9 Å². The maximum atomic E-state index is 11.8. The van der Waals surface area contributed by atoms with E-state index in [0.29, 0.717) is 71.9 Å². The van der Waals surface area contributed by atoms with Crippen molar-refractivity contribution in [3.63, 3.8) is 0 Å². The minimum absolute atomic E-state index is 0.0414. The second kappa shape index (κ2) is 23.1. The highest BCUT2D eigenvalue weighted by atomic mass is 16.5. The van der Waals surface area contributed by atoms with Crippen molar-refractivity contribution in [2.45, 2.75) is 66.2 Å². The van der Waals surface area contributed by atoms with Crippen LogP contribution in [-0.4, -0.2) is 96.0 Å². The Morgan fingerprint density at radius 2 is 1.05 bits per heavy atom. The minimum Gasteiger partial charge on any atom is -0.377 e. The van der Waals surface area contributed by atoms with E-state index in [1.165, 1.54) is 0 Å². The maximum absolute atomic E-state index is 11.8. The fourth-order valence-corrected chi connectivity index (χ4v) is 2.75. The number of hydrogen-bond donors (Lipinski definition) is 3. The van der Waals surface area contributed by atoms with E-state index in [0.717, 1.165) is 19.3 Å². The highest BCUT2D eigenvalue weighted by Gasteiger charge is 2.20. The molecule has 0 spiro atoms. The molecule has 0 rings (SSSR count). The van der Waals surface area contributed by atoms with Crippen LogP contribution < -0.4 is 16.0 Å². The molecule has 0 saturated carbocycles. The van der Waals surface area contributed by atoms with Crippen LogP contribution in [0.15, 0.2) is 0 Å². The maximum Gasteiger partial charge on any atom is 0.246 e. The highest BCUT2D eigenvalue weighted by molar-refractivity contribution is 5.84. The summed E-state index contributed by atoms with van der Waals surface area (Å²) in [5.41, 5.74) is -0.410. The summed E-state index contributed by atoms with van der Waals surface area (Å²) in [4.78, 5) is 46.7. The molecule has 11 nitrogen and oxygen atoms in total. The molecule has 0 fully saturated rings. The first-order valence-electron chi connectivity index (χ1n) is 13.3. The van der Waals surface area contributed by atoms with Crippen molar-refractivity contribution >= 4 is 23.5 Å². The Bertz CT molecular complexity index is 638. The van der Waals surface area contributed by atoms with Gasteiger partial charge in [0.15, 0.2) is 5.78 Å². The smallest absolute Gasteiger partial charge is 0.246 e. The lowest BCUT2D eigenvalue weighted by Gasteiger charge is -2.16. The van der Waals surface area contributed by atoms with Crippen LogP contribution in [0.5, 0.6) is 0 Å². The van der Waals surface area contributed by atoms with E-state index in [-0.39, 0.29) is 43.3 Å². The molecule has 0 aromatic heterocycles. The number of amides is 3. The summed E-state index contributed by atoms with van der Waals surface area (Å²) >= 11 is 0. The summed E-state index contributed by atoms with van der Waals surface area (Å²) in [6, 6.07) is 0. The Labute approximate surface area is 222 Å². The van der Waals surface area contributed by atoms with Gasteiger partial charge < -0.3 is 34.9 Å². The van der Waals surface area contributed by atoms with Crippen molar-refractivity contribution < 1.29 is 38.1 Å². The van der Waals surface area contributed by atoms with Crippen molar-refractivity contribution in [1.82, 2.24) is 16.0 Å². The molecular formula is C26H49N3O8. The lowest BCUT2D eigenvalue weighted by molar-refractivity contribution is -0.131. The number of nitrogens with one attached hydrogen (secondary N) is 3. The van der Waals surface area contributed by atoms with Gasteiger partial charge in [-0.3, -0.25) is 19.2 Å². The molecule has 37 heavy (non-hydrogen) atoms. The predicted octanol–water partition coefficient (Wildman–Crippen LogP) is 1.38. The Hall–Kier alpha value is -2.08. The Morgan fingerprint density at radius 1 is 0.568 bits per heavy atom. The van der Waals surface area contributed by atoms with E-state index < -0.39 is 5.41 Å². The third-order valence-electron chi connectivity index (χ3n) is 5.09. The normalized spacial score (nSPS) is 11.2. The number of ether oxygens (including phenoxy) is 4. The number of ketones is 1. The molecule has 216 valence electrons. The van der Waals surface area contributed by atoms with Crippen LogP contribution in [0, 0.1) is 5.41 Å². The number of unbranched alkanes of at least 4 members (excludes halogenated alkanes) is 2. The number of carbonyl (C=O) groups is 4. The van der Waals surface area contributed by atoms with Gasteiger partial charge in [-0.05, 0) is 12.8 Å². The van der Waals surface area contributed by atoms with Gasteiger partial charge in [-0.15, -0.1) is 0 Å². The number of hydrogen-bond acceptors (Lipinski definition) is 8. The van der Waals surface area contributed by atoms with E-state index in [1.807, 2.05) is 20.8 Å². The van der Waals surface area contributed by atoms with E-state index in [2.05, 4.69) is 22.9 Å². The summed E-state index contributed by atoms with van der Waals surface area (Å²) < 4.78 is 21.2. The summed E-state index contributed by atoms with van der Waals surface area (Å²) in [5.74, 6) is -0.247. The van der Waals surface area contributed by atoms with Crippen molar-refractivity contribution in [1.29, 1.82) is 0 Å². The van der Waals surface area contributed by atoms with Crippen LogP contribution in [0.25, 0.3) is 0 Å². The third kappa shape index (κ3) is 24.0. The zero-order chi connectivity index (χ0) is 27.8. The summed E-state index contributed by atoms with van der Waals surface area (Å²) in [7, 11) is 0. The van der Waals surface area contributed by atoms with Gasteiger partial charge in [0.05, 0.1) is 39.6 Å². The molecule has 0 heterocycles. The SMILES string of the molecule is CCCCCC(=O)NCCCC(=O)NCCOCCOCC(=O)NCCOCCOCC(=O)C(C)(C)C. The first kappa shape index (κ1) is 34.9. The van der Waals surface area contributed by atoms with Gasteiger partial charge in [-0.2, -0.15) is 0 Å². The molecule has 0 aromatic carbocycles. The molecule has 0 aliphatic carbocycles. The van der Waals surface area contributed by atoms with Crippen molar-refractivity contribution in [2.75, 3.05) is 72.5 Å². The summed E-state index contributed by atoms with van der Waals surface area (Å²) in [6.45, 7) is 10.8. The van der Waals surface area contributed by atoms with Crippen molar-refractivity contribution in [2.24, 2.45) is 5.41 Å². The highest BCUT2D eigenvalue weighted by Crippen LogP contribution is 2.14. The Kier molecular flexibility index (Phi) is 21.8. The first-order chi connectivity index (χ1) is 17.7. The van der Waals surface area contributed by atoms with Gasteiger partial charge >= 0.3 is 0 Å². The molecule has 0 aromatic rings. The zero-order valence-corrected chi connectivity index (χ0v) is 23.3. The summed E-state index contributed by atoms with van der Waals surface area (Å²) in [5, 5.41) is 8.26. The zero-order valence-electron chi connectivity index (χ0n) is 23.3. The topological polar surface area (TPSA) is 141 Å². The molecule has 0 unspecified atom stereocenters. The standard InChI is InChI=1S/C26H49N3O8/c1-5-6-7-9-23(31)27-11-8-10-24(32)28-12-14-34-17-19-37-21-25(33)29-13-15-35-16-18-36-20-22(30)26(2,3)4/h5-21H2,1-4H3,(H,27,31)(H,28,32)(H,29,33). The molecule has 0 saturated heterocycles. The lowest BCUT2D eigenvalue weighted by Crippen LogP contribution is -2.31. The fraction of sp³-hybridized carbons (Fsp3) is 0.846. The third-order valence-corrected chi connectivity index (χ3v) is 5.09. The molecule has 0 aliphatic rings. The van der Waals surface area contributed by atoms with Gasteiger partial charge in [0.2, 0.25) is 17.7 Å². The lowest BCUT2D eigenvalue weighted by atomic mass is 9.91. The van der Waals surface area contributed by atoms with Crippen LogP contribution in [0.1, 0.15) is 66.2 Å². The van der Waals surface area contributed by atoms with E-state index in [4.69, 9.17) is 18.9 Å². The second-order valence-electron chi connectivity index (χ2n) is 9.61. The van der Waals surface area contributed by atoms with Crippen molar-refractivity contribution in [3.05, 3.63) is 0 Å². The van der Waals surface area contributed by atoms with Crippen LogP contribution in [0.3, 0.4) is 0 Å². The van der Waals surface area contributed by atoms with Crippen LogP contribution in [0.2, 0.25) is 0 Å².